The molecule has 7 N–H and O–H groups in total. The van der Waals surface area contributed by atoms with E-state index >= 15 is 4.39 Å². The highest BCUT2D eigenvalue weighted by Crippen LogP contribution is 2.46. The minimum atomic E-state index is -2.05. The smallest absolute Gasteiger partial charge is 0.343 e. The average Bonchev–Trinajstić information content (AvgIpc) is 3.64. The zero-order valence-electron chi connectivity index (χ0n) is 38.0. The van der Waals surface area contributed by atoms with Gasteiger partial charge in [-0.2, -0.15) is 0 Å². The van der Waals surface area contributed by atoms with Crippen molar-refractivity contribution < 1.29 is 47.8 Å². The monoisotopic (exact) mass is 902 g/mol. The number of amides is 6. The molecule has 4 heterocycles. The summed E-state index contributed by atoms with van der Waals surface area (Å²) < 4.78 is 22.1. The number of aryl methyl sites for hydroxylation is 1. The number of benzene rings is 1. The molecule has 2 aliphatic heterocycles. The summed E-state index contributed by atoms with van der Waals surface area (Å²) >= 11 is 0. The molecule has 18 nitrogen and oxygen atoms in total. The zero-order valence-corrected chi connectivity index (χ0v) is 38.0. The maximum atomic E-state index is 15.4. The first-order valence-corrected chi connectivity index (χ1v) is 22.2. The van der Waals surface area contributed by atoms with Gasteiger partial charge in [0.1, 0.15) is 30.5 Å². The van der Waals surface area contributed by atoms with Crippen molar-refractivity contribution in [3.05, 3.63) is 61.7 Å². The SMILES string of the molecule is CC[C@H](C)[C@H](NC(=O)[C@H](CC(C)C)NC(=O)CNC(=O)[C@@H](NC=O)C(C)C)C(=O)NCC(=O)N[C@H]1CCc2c(C)c(F)cc3nc4c(c1c23)Cn1c-4cc2c(c1=O)COC(=O)[C@]2(O)CC. The van der Waals surface area contributed by atoms with Gasteiger partial charge in [0.05, 0.1) is 48.1 Å². The van der Waals surface area contributed by atoms with E-state index in [1.165, 1.54) is 10.6 Å². The van der Waals surface area contributed by atoms with Gasteiger partial charge in [0.15, 0.2) is 5.60 Å². The molecule has 350 valence electrons. The Hall–Kier alpha value is -6.24. The van der Waals surface area contributed by atoms with Crippen molar-refractivity contribution in [1.29, 1.82) is 0 Å². The maximum absolute atomic E-state index is 15.4. The number of fused-ring (bicyclic) bond motifs is 5. The van der Waals surface area contributed by atoms with Gasteiger partial charge in [-0.1, -0.05) is 54.9 Å². The molecule has 3 aromatic rings. The second-order valence-corrected chi connectivity index (χ2v) is 18.0. The van der Waals surface area contributed by atoms with E-state index in [0.717, 1.165) is 5.56 Å². The highest BCUT2D eigenvalue weighted by molar-refractivity contribution is 5.96. The molecule has 2 aromatic heterocycles. The third kappa shape index (κ3) is 9.46. The molecule has 1 aliphatic carbocycles. The number of pyridine rings is 2. The van der Waals surface area contributed by atoms with Crippen LogP contribution in [-0.4, -0.2) is 87.8 Å². The molecular weight excluding hydrogens is 844 g/mol. The van der Waals surface area contributed by atoms with Crippen molar-refractivity contribution in [2.75, 3.05) is 13.1 Å². The van der Waals surface area contributed by atoms with Gasteiger partial charge in [0.2, 0.25) is 35.9 Å². The van der Waals surface area contributed by atoms with Gasteiger partial charge in [-0.15, -0.1) is 0 Å². The molecule has 0 fully saturated rings. The number of nitrogens with one attached hydrogen (secondary N) is 6. The number of rotatable bonds is 18. The van der Waals surface area contributed by atoms with Gasteiger partial charge in [0, 0.05) is 22.6 Å². The van der Waals surface area contributed by atoms with E-state index in [9.17, 15) is 43.5 Å². The molecule has 0 spiro atoms. The third-order valence-electron chi connectivity index (χ3n) is 12.9. The Bertz CT molecular complexity index is 2510. The Morgan fingerprint density at radius 3 is 2.26 bits per heavy atom. The van der Waals surface area contributed by atoms with E-state index in [1.54, 1.807) is 40.7 Å². The van der Waals surface area contributed by atoms with E-state index in [2.05, 4.69) is 31.9 Å². The lowest BCUT2D eigenvalue weighted by Crippen LogP contribution is -2.57. The van der Waals surface area contributed by atoms with E-state index in [0.29, 0.717) is 64.7 Å². The average molecular weight is 903 g/mol. The molecule has 6 amide bonds. The summed E-state index contributed by atoms with van der Waals surface area (Å²) in [6, 6.07) is -0.787. The second-order valence-electron chi connectivity index (χ2n) is 18.0. The molecule has 6 rings (SSSR count). The van der Waals surface area contributed by atoms with E-state index < -0.39 is 95.7 Å². The van der Waals surface area contributed by atoms with Crippen molar-refractivity contribution in [1.82, 2.24) is 41.5 Å². The van der Waals surface area contributed by atoms with Crippen molar-refractivity contribution in [3.8, 4) is 11.4 Å². The molecule has 3 aliphatic rings. The summed E-state index contributed by atoms with van der Waals surface area (Å²) in [6.45, 7) is 12.9. The summed E-state index contributed by atoms with van der Waals surface area (Å²) in [5.41, 5.74) is 1.17. The lowest BCUT2D eigenvalue weighted by atomic mass is 9.81. The van der Waals surface area contributed by atoms with Gasteiger partial charge < -0.3 is 46.3 Å². The van der Waals surface area contributed by atoms with Crippen LogP contribution in [0.4, 0.5) is 4.39 Å². The van der Waals surface area contributed by atoms with Gasteiger partial charge in [-0.05, 0) is 73.1 Å². The molecule has 0 unspecified atom stereocenters. The minimum Gasteiger partial charge on any atom is -0.458 e. The number of aliphatic hydroxyl groups is 1. The van der Waals surface area contributed by atoms with E-state index in [1.807, 2.05) is 20.8 Å². The Morgan fingerprint density at radius 1 is 0.954 bits per heavy atom. The van der Waals surface area contributed by atoms with Crippen molar-refractivity contribution in [3.63, 3.8) is 0 Å². The highest BCUT2D eigenvalue weighted by Gasteiger charge is 2.46. The predicted octanol–water partition coefficient (Wildman–Crippen LogP) is 1.70. The maximum Gasteiger partial charge on any atom is 0.343 e. The standard InChI is InChI=1S/C46H59FN8O10/c1-9-23(7)39(54-41(59)32(13-21(3)4)52-35(58)17-48-42(60)38(22(5)6)50-20-56)43(61)49-16-34(57)51-30-12-11-25-24(8)29(47)15-31-36(25)37(30)26-18-55-33(40(26)53-31)14-28-27(44(55)62)19-65-45(63)46(28,64)10-2/h14-15,20-23,30,32,38-39,64H,9-13,16-19H2,1-8H3,(H,48,60)(H,49,61)(H,50,56)(H,51,57)(H,52,58)(H,54,59)/t23-,30-,32-,38-,39-,46-/m0/s1. The summed E-state index contributed by atoms with van der Waals surface area (Å²) in [5.74, 6) is -5.06. The van der Waals surface area contributed by atoms with Gasteiger partial charge in [0.25, 0.3) is 5.56 Å². The van der Waals surface area contributed by atoms with Crippen LogP contribution in [-0.2, 0) is 63.5 Å². The lowest BCUT2D eigenvalue weighted by Gasteiger charge is -2.31. The Labute approximate surface area is 375 Å². The van der Waals surface area contributed by atoms with Crippen LogP contribution in [0.5, 0.6) is 0 Å². The quantitative estimate of drug-likeness (QED) is 0.0559. The second kappa shape index (κ2) is 19.5. The first-order valence-electron chi connectivity index (χ1n) is 22.2. The molecule has 0 saturated heterocycles. The number of nitrogens with zero attached hydrogens (tertiary/aromatic N) is 2. The number of esters is 1. The van der Waals surface area contributed by atoms with Gasteiger partial charge >= 0.3 is 5.97 Å². The van der Waals surface area contributed by atoms with Crippen LogP contribution in [0.3, 0.4) is 0 Å². The molecule has 6 atom stereocenters. The lowest BCUT2D eigenvalue weighted by molar-refractivity contribution is -0.172. The normalized spacial score (nSPS) is 18.9. The van der Waals surface area contributed by atoms with Crippen LogP contribution in [0.15, 0.2) is 16.9 Å². The number of carbonyl (C=O) groups is 7. The Morgan fingerprint density at radius 2 is 1.63 bits per heavy atom. The van der Waals surface area contributed by atoms with E-state index in [-0.39, 0.29) is 49.0 Å². The first kappa shape index (κ1) is 48.2. The van der Waals surface area contributed by atoms with Crippen LogP contribution >= 0.6 is 0 Å². The molecular formula is C46H59FN8O10. The Kier molecular flexibility index (Phi) is 14.4. The van der Waals surface area contributed by atoms with Crippen LogP contribution < -0.4 is 37.5 Å². The fourth-order valence-electron chi connectivity index (χ4n) is 9.05. The number of aromatic nitrogens is 2. The minimum absolute atomic E-state index is 0.0457. The fourth-order valence-corrected chi connectivity index (χ4v) is 9.05. The topological polar surface area (TPSA) is 256 Å². The van der Waals surface area contributed by atoms with Gasteiger partial charge in [-0.25, -0.2) is 14.2 Å². The fraction of sp³-hybridized carbons (Fsp3) is 0.543. The number of carbonyl (C=O) groups excluding carboxylic acids is 7. The number of ether oxygens (including phenoxy) is 1. The van der Waals surface area contributed by atoms with Crippen LogP contribution in [0.2, 0.25) is 0 Å². The Balaban J connectivity index is 1.20. The third-order valence-corrected chi connectivity index (χ3v) is 12.9. The van der Waals surface area contributed by atoms with Crippen LogP contribution in [0.1, 0.15) is 114 Å². The predicted molar refractivity (Wildman–Crippen MR) is 235 cm³/mol. The largest absolute Gasteiger partial charge is 0.458 e. The first-order chi connectivity index (χ1) is 30.7. The van der Waals surface area contributed by atoms with E-state index in [4.69, 9.17) is 9.72 Å². The number of hydrogen-bond donors (Lipinski definition) is 7. The molecule has 0 saturated carbocycles. The number of hydrogen-bond acceptors (Lipinski definition) is 11. The van der Waals surface area contributed by atoms with Crippen LogP contribution in [0, 0.1) is 30.5 Å². The molecule has 19 heteroatoms. The zero-order chi connectivity index (χ0) is 47.7. The summed E-state index contributed by atoms with van der Waals surface area (Å²) in [5, 5.41) is 28.0. The molecule has 65 heavy (non-hydrogen) atoms. The van der Waals surface area contributed by atoms with Crippen molar-refractivity contribution in [2.24, 2.45) is 17.8 Å². The van der Waals surface area contributed by atoms with Crippen molar-refractivity contribution >= 4 is 52.8 Å². The summed E-state index contributed by atoms with van der Waals surface area (Å²) in [7, 11) is 0. The highest BCUT2D eigenvalue weighted by atomic mass is 19.1. The van der Waals surface area contributed by atoms with Crippen molar-refractivity contribution in [2.45, 2.75) is 130 Å². The summed E-state index contributed by atoms with van der Waals surface area (Å²) in [6.07, 6.45) is 1.80. The molecule has 0 radical (unpaired) electrons. The van der Waals surface area contributed by atoms with Crippen LogP contribution in [0.25, 0.3) is 22.3 Å². The number of cyclic esters (lactones) is 1. The van der Waals surface area contributed by atoms with Gasteiger partial charge in [-0.3, -0.25) is 33.6 Å². The summed E-state index contributed by atoms with van der Waals surface area (Å²) in [4.78, 5) is 109. The molecule has 0 bridgehead atoms. The molecule has 1 aromatic carbocycles. The number of halogens is 1.